The Balaban J connectivity index is 2.57. The van der Waals surface area contributed by atoms with Crippen molar-refractivity contribution in [3.63, 3.8) is 0 Å². The third-order valence-corrected chi connectivity index (χ3v) is 1.51. The molecule has 0 amide bonds. The highest BCUT2D eigenvalue weighted by Crippen LogP contribution is 2.00. The van der Waals surface area contributed by atoms with E-state index in [1.807, 2.05) is 5.38 Å². The lowest BCUT2D eigenvalue weighted by molar-refractivity contribution is 0.568. The van der Waals surface area contributed by atoms with Gasteiger partial charge >= 0.3 is 0 Å². The van der Waals surface area contributed by atoms with Gasteiger partial charge in [0, 0.05) is 17.9 Å². The summed E-state index contributed by atoms with van der Waals surface area (Å²) in [6.07, 6.45) is 2.03. The minimum Gasteiger partial charge on any atom is -0.249 e. The Hall–Kier alpha value is -0.920. The monoisotopic (exact) mass is 139 g/mol. The van der Waals surface area contributed by atoms with E-state index in [0.717, 1.165) is 5.69 Å². The molecular weight excluding hydrogens is 134 g/mol. The summed E-state index contributed by atoms with van der Waals surface area (Å²) in [5, 5.41) is 1.91. The first-order valence-electron chi connectivity index (χ1n) is 2.50. The molecule has 0 aromatic carbocycles. The molecule has 1 aromatic rings. The summed E-state index contributed by atoms with van der Waals surface area (Å²) in [6.45, 7) is 0. The topological polar surface area (TPSA) is 30.0 Å². The fourth-order valence-corrected chi connectivity index (χ4v) is 1.06. The normalized spacial score (nSPS) is 8.44. The van der Waals surface area contributed by atoms with Crippen LogP contribution in [0.2, 0.25) is 0 Å². The lowest BCUT2D eigenvalue weighted by Crippen LogP contribution is -1.77. The summed E-state index contributed by atoms with van der Waals surface area (Å²) in [5.74, 6) is 1.70. The first kappa shape index (κ1) is 6.20. The van der Waals surface area contributed by atoms with Gasteiger partial charge in [0.25, 0.3) is 0 Å². The molecule has 0 spiro atoms. The van der Waals surface area contributed by atoms with Crippen LogP contribution in [0.3, 0.4) is 0 Å². The molecule has 0 aliphatic carbocycles. The number of hydrogen-bond donors (Lipinski definition) is 0. The molecule has 0 fully saturated rings. The van der Waals surface area contributed by atoms with Crippen LogP contribution in [0, 0.1) is 0 Å². The Labute approximate surface area is 56.9 Å². The van der Waals surface area contributed by atoms with Crippen molar-refractivity contribution in [2.45, 2.75) is 6.42 Å². The van der Waals surface area contributed by atoms with Crippen molar-refractivity contribution >= 4 is 17.3 Å². The first-order chi connectivity index (χ1) is 4.43. The van der Waals surface area contributed by atoms with Gasteiger partial charge in [-0.25, -0.2) is 9.78 Å². The first-order valence-corrected chi connectivity index (χ1v) is 3.44. The van der Waals surface area contributed by atoms with Crippen molar-refractivity contribution in [3.05, 3.63) is 22.7 Å². The zero-order valence-electron chi connectivity index (χ0n) is 4.70. The van der Waals surface area contributed by atoms with E-state index in [2.05, 4.69) is 4.98 Å². The van der Waals surface area contributed by atoms with E-state index in [0.29, 0.717) is 6.42 Å². The molecule has 0 saturated carbocycles. The number of carbonyl (C=O) groups excluding carboxylic acids is 1. The van der Waals surface area contributed by atoms with E-state index >= 15 is 0 Å². The van der Waals surface area contributed by atoms with Gasteiger partial charge < -0.3 is 0 Å². The minimum atomic E-state index is 0.604. The molecule has 0 unspecified atom stereocenters. The SMILES string of the molecule is O=C=CCc1cscn1. The Morgan fingerprint density at radius 1 is 1.89 bits per heavy atom. The lowest BCUT2D eigenvalue weighted by atomic mass is 10.3. The highest BCUT2D eigenvalue weighted by atomic mass is 32.1. The van der Waals surface area contributed by atoms with Crippen LogP contribution in [0.15, 0.2) is 17.0 Å². The van der Waals surface area contributed by atoms with E-state index in [-0.39, 0.29) is 0 Å². The van der Waals surface area contributed by atoms with E-state index in [1.165, 1.54) is 17.4 Å². The van der Waals surface area contributed by atoms with Crippen molar-refractivity contribution in [2.75, 3.05) is 0 Å². The number of thiazole rings is 1. The highest BCUT2D eigenvalue weighted by Gasteiger charge is 1.87. The van der Waals surface area contributed by atoms with Crippen LogP contribution in [0.4, 0.5) is 0 Å². The highest BCUT2D eigenvalue weighted by molar-refractivity contribution is 7.07. The fourth-order valence-electron chi connectivity index (χ4n) is 0.485. The van der Waals surface area contributed by atoms with Crippen molar-refractivity contribution in [1.82, 2.24) is 4.98 Å². The van der Waals surface area contributed by atoms with Crippen LogP contribution < -0.4 is 0 Å². The third-order valence-electron chi connectivity index (χ3n) is 0.878. The number of nitrogens with zero attached hydrogens (tertiary/aromatic N) is 1. The van der Waals surface area contributed by atoms with Crippen molar-refractivity contribution < 1.29 is 4.79 Å². The van der Waals surface area contributed by atoms with E-state index in [1.54, 1.807) is 11.5 Å². The second-order valence-electron chi connectivity index (χ2n) is 1.51. The molecule has 3 heteroatoms. The molecule has 0 N–H and O–H groups in total. The van der Waals surface area contributed by atoms with Gasteiger partial charge in [0.1, 0.15) is 5.94 Å². The van der Waals surface area contributed by atoms with Gasteiger partial charge in [0.05, 0.1) is 11.2 Å². The average Bonchev–Trinajstić information content (AvgIpc) is 2.34. The zero-order valence-corrected chi connectivity index (χ0v) is 5.52. The number of rotatable bonds is 2. The third kappa shape index (κ3) is 1.80. The summed E-state index contributed by atoms with van der Waals surface area (Å²) in [4.78, 5) is 13.7. The quantitative estimate of drug-likeness (QED) is 0.574. The molecule has 0 radical (unpaired) electrons. The second-order valence-corrected chi connectivity index (χ2v) is 2.22. The number of aromatic nitrogens is 1. The Kier molecular flexibility index (Phi) is 2.19. The molecule has 46 valence electrons. The smallest absolute Gasteiger partial charge is 0.120 e. The van der Waals surface area contributed by atoms with Crippen LogP contribution in [0.25, 0.3) is 0 Å². The zero-order chi connectivity index (χ0) is 6.53. The standard InChI is InChI=1S/C6H5NOS/c8-3-1-2-6-4-9-5-7-6/h1,4-5H,2H2. The molecule has 0 saturated heterocycles. The predicted octanol–water partition coefficient (Wildman–Crippen LogP) is 1.07. The summed E-state index contributed by atoms with van der Waals surface area (Å²) >= 11 is 1.53. The van der Waals surface area contributed by atoms with E-state index in [9.17, 15) is 4.79 Å². The van der Waals surface area contributed by atoms with Crippen molar-refractivity contribution in [2.24, 2.45) is 0 Å². The molecule has 0 bridgehead atoms. The predicted molar refractivity (Wildman–Crippen MR) is 36.1 cm³/mol. The fraction of sp³-hybridized carbons (Fsp3) is 0.167. The molecule has 1 aromatic heterocycles. The van der Waals surface area contributed by atoms with Crippen LogP contribution in [0.1, 0.15) is 5.69 Å². The largest absolute Gasteiger partial charge is 0.249 e. The van der Waals surface area contributed by atoms with Gasteiger partial charge in [-0.1, -0.05) is 0 Å². The van der Waals surface area contributed by atoms with Crippen molar-refractivity contribution in [1.29, 1.82) is 0 Å². The average molecular weight is 139 g/mol. The summed E-state index contributed by atoms with van der Waals surface area (Å²) in [5.41, 5.74) is 2.68. The van der Waals surface area contributed by atoms with Crippen LogP contribution in [0.5, 0.6) is 0 Å². The van der Waals surface area contributed by atoms with Crippen LogP contribution in [-0.4, -0.2) is 10.9 Å². The molecule has 1 rings (SSSR count). The van der Waals surface area contributed by atoms with Gasteiger partial charge in [0.2, 0.25) is 0 Å². The van der Waals surface area contributed by atoms with Gasteiger partial charge in [-0.2, -0.15) is 0 Å². The summed E-state index contributed by atoms with van der Waals surface area (Å²) < 4.78 is 0. The Morgan fingerprint density at radius 2 is 2.78 bits per heavy atom. The van der Waals surface area contributed by atoms with Gasteiger partial charge in [0.15, 0.2) is 0 Å². The minimum absolute atomic E-state index is 0.604. The maximum atomic E-state index is 9.70. The van der Waals surface area contributed by atoms with Gasteiger partial charge in [-0.3, -0.25) is 0 Å². The number of hydrogen-bond acceptors (Lipinski definition) is 3. The van der Waals surface area contributed by atoms with E-state index < -0.39 is 0 Å². The van der Waals surface area contributed by atoms with Crippen LogP contribution >= 0.6 is 11.3 Å². The Morgan fingerprint density at radius 3 is 3.33 bits per heavy atom. The maximum absolute atomic E-state index is 9.70. The van der Waals surface area contributed by atoms with Crippen LogP contribution in [-0.2, 0) is 11.2 Å². The summed E-state index contributed by atoms with van der Waals surface area (Å²) in [7, 11) is 0. The Bertz CT molecular complexity index is 211. The molecule has 2 nitrogen and oxygen atoms in total. The van der Waals surface area contributed by atoms with Gasteiger partial charge in [-0.15, -0.1) is 11.3 Å². The second kappa shape index (κ2) is 3.17. The molecule has 0 aliphatic rings. The molecule has 0 atom stereocenters. The molecule has 1 heterocycles. The van der Waals surface area contributed by atoms with Gasteiger partial charge in [-0.05, 0) is 0 Å². The molecular formula is C6H5NOS. The van der Waals surface area contributed by atoms with E-state index in [4.69, 9.17) is 0 Å². The number of allylic oxidation sites excluding steroid dienone is 1. The van der Waals surface area contributed by atoms with Crippen molar-refractivity contribution in [3.8, 4) is 0 Å². The molecule has 9 heavy (non-hydrogen) atoms. The molecule has 0 aliphatic heterocycles. The maximum Gasteiger partial charge on any atom is 0.120 e. The lowest BCUT2D eigenvalue weighted by Gasteiger charge is -1.78. The summed E-state index contributed by atoms with van der Waals surface area (Å²) in [6, 6.07) is 0.